The summed E-state index contributed by atoms with van der Waals surface area (Å²) in [6.45, 7) is 11.0. The van der Waals surface area contributed by atoms with Crippen molar-refractivity contribution < 1.29 is 14.5 Å². The van der Waals surface area contributed by atoms with Crippen molar-refractivity contribution in [3.8, 4) is 0 Å². The zero-order chi connectivity index (χ0) is 23.4. The van der Waals surface area contributed by atoms with Gasteiger partial charge in [-0.25, -0.2) is 0 Å². The zero-order valence-corrected chi connectivity index (χ0v) is 19.7. The Morgan fingerprint density at radius 2 is 1.69 bits per heavy atom. The Balaban J connectivity index is 1.72. The minimum absolute atomic E-state index is 0.0526. The Morgan fingerprint density at radius 1 is 1.06 bits per heavy atom. The smallest absolute Gasteiger partial charge is 0.270 e. The molecule has 2 heterocycles. The average Bonchev–Trinajstić information content (AvgIpc) is 2.78. The molecule has 2 aliphatic heterocycles. The molecule has 3 rings (SSSR count). The molecule has 32 heavy (non-hydrogen) atoms. The minimum atomic E-state index is -0.453. The highest BCUT2D eigenvalue weighted by atomic mass is 16.6. The number of rotatable bonds is 6. The molecule has 1 atom stereocenters. The number of likely N-dealkylation sites (tertiary alicyclic amines) is 1. The van der Waals surface area contributed by atoms with E-state index in [1.807, 2.05) is 6.92 Å². The summed E-state index contributed by atoms with van der Waals surface area (Å²) in [6.07, 6.45) is 3.29. The Bertz CT molecular complexity index is 840. The van der Waals surface area contributed by atoms with E-state index in [1.54, 1.807) is 11.0 Å². The number of carbonyl (C=O) groups excluding carboxylic acids is 2. The first kappa shape index (κ1) is 24.0. The van der Waals surface area contributed by atoms with Gasteiger partial charge >= 0.3 is 0 Å². The van der Waals surface area contributed by atoms with Crippen LogP contribution in [0.1, 0.15) is 63.7 Å². The molecule has 2 aliphatic rings. The van der Waals surface area contributed by atoms with Gasteiger partial charge in [-0.15, -0.1) is 0 Å². The molecule has 2 amide bonds. The SMILES string of the molecule is CC1CCN(c2ccc([N+](=O)[O-])cc2C(=O)N2CCC(C(=O)NC(C)C(C)C)CC2)CC1. The highest BCUT2D eigenvalue weighted by molar-refractivity contribution is 6.00. The van der Waals surface area contributed by atoms with Gasteiger partial charge in [-0.3, -0.25) is 19.7 Å². The summed E-state index contributed by atoms with van der Waals surface area (Å²) < 4.78 is 0. The second-order valence-corrected chi connectivity index (χ2v) is 9.74. The third kappa shape index (κ3) is 5.58. The number of piperidine rings is 2. The Hall–Kier alpha value is -2.64. The average molecular weight is 445 g/mol. The van der Waals surface area contributed by atoms with E-state index in [0.29, 0.717) is 43.3 Å². The molecule has 1 aromatic carbocycles. The molecule has 0 bridgehead atoms. The summed E-state index contributed by atoms with van der Waals surface area (Å²) in [6, 6.07) is 4.73. The lowest BCUT2D eigenvalue weighted by Gasteiger charge is -2.35. The lowest BCUT2D eigenvalue weighted by Crippen LogP contribution is -2.46. The first-order valence-corrected chi connectivity index (χ1v) is 11.8. The van der Waals surface area contributed by atoms with Gasteiger partial charge in [0.05, 0.1) is 16.2 Å². The summed E-state index contributed by atoms with van der Waals surface area (Å²) in [5, 5.41) is 14.4. The van der Waals surface area contributed by atoms with Gasteiger partial charge in [-0.05, 0) is 50.5 Å². The summed E-state index contributed by atoms with van der Waals surface area (Å²) in [4.78, 5) is 40.8. The van der Waals surface area contributed by atoms with Gasteiger partial charge in [0.15, 0.2) is 0 Å². The van der Waals surface area contributed by atoms with E-state index in [-0.39, 0.29) is 29.5 Å². The van der Waals surface area contributed by atoms with Crippen molar-refractivity contribution in [3.05, 3.63) is 33.9 Å². The van der Waals surface area contributed by atoms with Crippen LogP contribution in [0, 0.1) is 27.9 Å². The van der Waals surface area contributed by atoms with Gasteiger partial charge in [-0.2, -0.15) is 0 Å². The molecule has 0 saturated carbocycles. The van der Waals surface area contributed by atoms with Crippen LogP contribution in [0.5, 0.6) is 0 Å². The highest BCUT2D eigenvalue weighted by Crippen LogP contribution is 2.31. The molecule has 8 heteroatoms. The summed E-state index contributed by atoms with van der Waals surface area (Å²) in [5.41, 5.74) is 1.10. The molecule has 0 aromatic heterocycles. The van der Waals surface area contributed by atoms with Crippen molar-refractivity contribution in [1.82, 2.24) is 10.2 Å². The number of nitrogens with one attached hydrogen (secondary N) is 1. The zero-order valence-electron chi connectivity index (χ0n) is 19.7. The number of amides is 2. The normalized spacial score (nSPS) is 19.2. The van der Waals surface area contributed by atoms with Crippen LogP contribution in [0.15, 0.2) is 18.2 Å². The fourth-order valence-electron chi connectivity index (χ4n) is 4.36. The molecule has 2 fully saturated rings. The number of hydrogen-bond donors (Lipinski definition) is 1. The predicted octanol–water partition coefficient (Wildman–Crippen LogP) is 3.84. The number of anilines is 1. The van der Waals surface area contributed by atoms with Crippen LogP contribution in [-0.2, 0) is 4.79 Å². The fraction of sp³-hybridized carbons (Fsp3) is 0.667. The van der Waals surface area contributed by atoms with Gasteiger partial charge in [0.25, 0.3) is 11.6 Å². The molecule has 1 aromatic rings. The third-order valence-electron chi connectivity index (χ3n) is 7.07. The maximum atomic E-state index is 13.4. The Kier molecular flexibility index (Phi) is 7.74. The summed E-state index contributed by atoms with van der Waals surface area (Å²) >= 11 is 0. The summed E-state index contributed by atoms with van der Waals surface area (Å²) in [5.74, 6) is 0.777. The number of benzene rings is 1. The maximum Gasteiger partial charge on any atom is 0.270 e. The number of nitro groups is 1. The van der Waals surface area contributed by atoms with Gasteiger partial charge in [-0.1, -0.05) is 20.8 Å². The quantitative estimate of drug-likeness (QED) is 0.531. The molecule has 1 N–H and O–H groups in total. The van der Waals surface area contributed by atoms with Crippen LogP contribution >= 0.6 is 0 Å². The van der Waals surface area contributed by atoms with Crippen molar-refractivity contribution in [3.63, 3.8) is 0 Å². The van der Waals surface area contributed by atoms with E-state index in [0.717, 1.165) is 31.6 Å². The van der Waals surface area contributed by atoms with Crippen molar-refractivity contribution in [2.75, 3.05) is 31.1 Å². The van der Waals surface area contributed by atoms with Gasteiger partial charge < -0.3 is 15.1 Å². The van der Waals surface area contributed by atoms with E-state index in [2.05, 4.69) is 31.0 Å². The van der Waals surface area contributed by atoms with Crippen molar-refractivity contribution >= 4 is 23.2 Å². The number of hydrogen-bond acceptors (Lipinski definition) is 5. The van der Waals surface area contributed by atoms with Crippen LogP contribution in [0.2, 0.25) is 0 Å². The van der Waals surface area contributed by atoms with Crippen molar-refractivity contribution in [2.45, 2.75) is 59.4 Å². The van der Waals surface area contributed by atoms with Crippen LogP contribution in [0.3, 0.4) is 0 Å². The first-order chi connectivity index (χ1) is 15.2. The maximum absolute atomic E-state index is 13.4. The molecule has 0 spiro atoms. The Morgan fingerprint density at radius 3 is 2.25 bits per heavy atom. The number of carbonyl (C=O) groups is 2. The van der Waals surface area contributed by atoms with Crippen molar-refractivity contribution in [2.24, 2.45) is 17.8 Å². The molecular formula is C24H36N4O4. The Labute approximate surface area is 190 Å². The molecule has 0 aliphatic carbocycles. The van der Waals surface area contributed by atoms with E-state index in [1.165, 1.54) is 12.1 Å². The molecule has 176 valence electrons. The topological polar surface area (TPSA) is 95.8 Å². The second-order valence-electron chi connectivity index (χ2n) is 9.74. The van der Waals surface area contributed by atoms with Gasteiger partial charge in [0, 0.05) is 50.3 Å². The van der Waals surface area contributed by atoms with Gasteiger partial charge in [0.1, 0.15) is 0 Å². The summed E-state index contributed by atoms with van der Waals surface area (Å²) in [7, 11) is 0. The van der Waals surface area contributed by atoms with Crippen LogP contribution in [0.25, 0.3) is 0 Å². The molecule has 8 nitrogen and oxygen atoms in total. The van der Waals surface area contributed by atoms with Crippen LogP contribution in [0.4, 0.5) is 11.4 Å². The lowest BCUT2D eigenvalue weighted by molar-refractivity contribution is -0.384. The number of nitrogens with zero attached hydrogens (tertiary/aromatic N) is 3. The fourth-order valence-corrected chi connectivity index (χ4v) is 4.36. The van der Waals surface area contributed by atoms with Gasteiger partial charge in [0.2, 0.25) is 5.91 Å². The predicted molar refractivity (Wildman–Crippen MR) is 125 cm³/mol. The lowest BCUT2D eigenvalue weighted by atomic mass is 9.94. The molecule has 2 saturated heterocycles. The highest BCUT2D eigenvalue weighted by Gasteiger charge is 2.31. The third-order valence-corrected chi connectivity index (χ3v) is 7.07. The number of nitro benzene ring substituents is 1. The first-order valence-electron chi connectivity index (χ1n) is 11.8. The minimum Gasteiger partial charge on any atom is -0.371 e. The second kappa shape index (κ2) is 10.3. The molecule has 0 radical (unpaired) electrons. The molecular weight excluding hydrogens is 408 g/mol. The van der Waals surface area contributed by atoms with E-state index < -0.39 is 4.92 Å². The molecule has 1 unspecified atom stereocenters. The van der Waals surface area contributed by atoms with Crippen LogP contribution < -0.4 is 10.2 Å². The van der Waals surface area contributed by atoms with E-state index in [4.69, 9.17) is 0 Å². The number of non-ortho nitro benzene ring substituents is 1. The standard InChI is InChI=1S/C24H36N4O4/c1-16(2)18(4)25-23(29)19-9-13-27(14-10-19)24(30)21-15-20(28(31)32)5-6-22(21)26-11-7-17(3)8-12-26/h5-6,15-19H,7-14H2,1-4H3,(H,25,29). The van der Waals surface area contributed by atoms with Crippen LogP contribution in [-0.4, -0.2) is 53.9 Å². The van der Waals surface area contributed by atoms with Crippen molar-refractivity contribution in [1.29, 1.82) is 0 Å². The van der Waals surface area contributed by atoms with E-state index in [9.17, 15) is 19.7 Å². The van der Waals surface area contributed by atoms with E-state index >= 15 is 0 Å². The monoisotopic (exact) mass is 444 g/mol. The largest absolute Gasteiger partial charge is 0.371 e.